The SMILES string of the molecule is CC1(C)CCC(CN2CCN(c3cccc(C(=O)NS(=O)(=O)c4cccc([N+](=O)[O-])c4NC4CCC(NC5CCCCO5)CC4)c3Oc3cnc4[nH]ccc4c3)CC2)=C(c2ccc(Cl)cc2)C1. The molecule has 0 spiro atoms. The first-order chi connectivity index (χ1) is 32.3. The molecule has 2 saturated heterocycles. The molecule has 354 valence electrons. The van der Waals surface area contributed by atoms with E-state index in [0.717, 1.165) is 88.0 Å². The highest BCUT2D eigenvalue weighted by Gasteiger charge is 2.34. The number of carbonyl (C=O) groups is 1. The number of benzene rings is 3. The minimum atomic E-state index is -4.68. The van der Waals surface area contributed by atoms with Crippen molar-refractivity contribution in [3.8, 4) is 11.5 Å². The standard InChI is InChI=1S/C50H59ClN8O7S/c1-50(2)22-20-35(41(30-50)33-12-14-36(51)15-13-33)32-57-24-26-58(27-25-57)43-9-5-7-40(47(43)66-39-29-34-21-23-52-48(34)53-31-39)49(60)56-67(63,64)44-10-6-8-42(59(61)62)46(44)55-38-18-16-37(17-19-38)54-45-11-3-4-28-65-45/h5-10,12-15,21,23,29,31,37-38,45,54-55H,3-4,11,16-20,22,24-28,30,32H2,1-2H3,(H,52,53)(H,56,60). The van der Waals surface area contributed by atoms with Crippen LogP contribution >= 0.6 is 11.6 Å². The first-order valence-corrected chi connectivity index (χ1v) is 25.3. The van der Waals surface area contributed by atoms with Crippen molar-refractivity contribution >= 4 is 61.2 Å². The summed E-state index contributed by atoms with van der Waals surface area (Å²) in [5.74, 6) is -0.413. The summed E-state index contributed by atoms with van der Waals surface area (Å²) in [6.07, 6.45) is 12.5. The Morgan fingerprint density at radius 2 is 1.75 bits per heavy atom. The third-order valence-corrected chi connectivity index (χ3v) is 15.4. The predicted molar refractivity (Wildman–Crippen MR) is 261 cm³/mol. The van der Waals surface area contributed by atoms with Gasteiger partial charge in [0.2, 0.25) is 0 Å². The van der Waals surface area contributed by atoms with Crippen LogP contribution in [0.4, 0.5) is 17.1 Å². The molecule has 2 aliphatic carbocycles. The Hall–Kier alpha value is -5.52. The van der Waals surface area contributed by atoms with Crippen LogP contribution in [0.2, 0.25) is 5.02 Å². The van der Waals surface area contributed by atoms with Crippen molar-refractivity contribution in [3.05, 3.63) is 117 Å². The third kappa shape index (κ3) is 10.9. The number of rotatable bonds is 14. The predicted octanol–water partition coefficient (Wildman–Crippen LogP) is 9.66. The number of nitro groups is 1. The van der Waals surface area contributed by atoms with Gasteiger partial charge in [-0.1, -0.05) is 55.3 Å². The summed E-state index contributed by atoms with van der Waals surface area (Å²) in [6, 6.07) is 20.8. The van der Waals surface area contributed by atoms with Crippen LogP contribution in [0.1, 0.15) is 94.0 Å². The molecule has 1 atom stereocenters. The number of pyridine rings is 1. The van der Waals surface area contributed by atoms with E-state index in [1.807, 2.05) is 24.3 Å². The normalized spacial score (nSPS) is 21.5. The molecule has 1 unspecified atom stereocenters. The zero-order valence-corrected chi connectivity index (χ0v) is 39.6. The Kier molecular flexibility index (Phi) is 13.9. The van der Waals surface area contributed by atoms with E-state index in [4.69, 9.17) is 21.1 Å². The maximum absolute atomic E-state index is 14.5. The first-order valence-electron chi connectivity index (χ1n) is 23.5. The van der Waals surface area contributed by atoms with Crippen molar-refractivity contribution < 1.29 is 27.6 Å². The molecule has 15 nitrogen and oxygen atoms in total. The fraction of sp³-hybridized carbons (Fsp3) is 0.440. The van der Waals surface area contributed by atoms with E-state index in [-0.39, 0.29) is 40.7 Å². The highest BCUT2D eigenvalue weighted by atomic mass is 35.5. The lowest BCUT2D eigenvalue weighted by molar-refractivity contribution is -0.384. The Balaban J connectivity index is 0.954. The minimum absolute atomic E-state index is 0.0204. The molecule has 4 aliphatic rings. The van der Waals surface area contributed by atoms with E-state index in [9.17, 15) is 23.3 Å². The fourth-order valence-corrected chi connectivity index (χ4v) is 11.3. The average Bonchev–Trinajstić information content (AvgIpc) is 3.79. The number of halogens is 1. The Bertz CT molecular complexity index is 2740. The number of aromatic amines is 1. The molecule has 1 saturated carbocycles. The number of ether oxygens (including phenoxy) is 2. The summed E-state index contributed by atoms with van der Waals surface area (Å²) in [5, 5.41) is 20.7. The number of sulfonamides is 1. The van der Waals surface area contributed by atoms with Crippen LogP contribution in [0.25, 0.3) is 16.6 Å². The number of fused-ring (bicyclic) bond motifs is 1. The van der Waals surface area contributed by atoms with Crippen LogP contribution in [-0.2, 0) is 14.8 Å². The van der Waals surface area contributed by atoms with Gasteiger partial charge in [-0.15, -0.1) is 0 Å². The number of nitrogens with zero attached hydrogens (tertiary/aromatic N) is 4. The van der Waals surface area contributed by atoms with Crippen molar-refractivity contribution in [2.45, 2.75) is 101 Å². The molecule has 1 amide bonds. The maximum atomic E-state index is 14.5. The van der Waals surface area contributed by atoms with Gasteiger partial charge < -0.3 is 24.7 Å². The second-order valence-corrected chi connectivity index (χ2v) is 21.2. The quantitative estimate of drug-likeness (QED) is 0.0612. The molecule has 0 radical (unpaired) electrons. The number of carbonyl (C=O) groups excluding carboxylic acids is 1. The number of nitro benzene ring substituents is 1. The van der Waals surface area contributed by atoms with Crippen LogP contribution in [-0.4, -0.2) is 91.8 Å². The van der Waals surface area contributed by atoms with Crippen LogP contribution in [0.3, 0.4) is 0 Å². The van der Waals surface area contributed by atoms with Crippen LogP contribution in [0.5, 0.6) is 11.5 Å². The number of anilines is 2. The summed E-state index contributed by atoms with van der Waals surface area (Å²) < 4.78 is 43.4. The average molecular weight is 952 g/mol. The van der Waals surface area contributed by atoms with E-state index in [2.05, 4.69) is 61.1 Å². The van der Waals surface area contributed by atoms with Gasteiger partial charge >= 0.3 is 0 Å². The molecule has 0 bridgehead atoms. The maximum Gasteiger partial charge on any atom is 0.293 e. The van der Waals surface area contributed by atoms with Crippen molar-refractivity contribution in [1.29, 1.82) is 0 Å². The largest absolute Gasteiger partial charge is 0.453 e. The fourth-order valence-electron chi connectivity index (χ4n) is 10.1. The molecule has 5 aromatic rings. The van der Waals surface area contributed by atoms with Gasteiger partial charge in [-0.3, -0.25) is 25.1 Å². The zero-order chi connectivity index (χ0) is 46.7. The highest BCUT2D eigenvalue weighted by Crippen LogP contribution is 2.44. The molecule has 67 heavy (non-hydrogen) atoms. The number of aromatic nitrogens is 2. The van der Waals surface area contributed by atoms with Gasteiger partial charge in [0.1, 0.15) is 28.2 Å². The van der Waals surface area contributed by atoms with Gasteiger partial charge in [0.05, 0.1) is 22.4 Å². The van der Waals surface area contributed by atoms with E-state index < -0.39 is 31.4 Å². The Labute approximate surface area is 396 Å². The van der Waals surface area contributed by atoms with Gasteiger partial charge in [-0.2, -0.15) is 0 Å². The summed E-state index contributed by atoms with van der Waals surface area (Å²) in [5.41, 5.74) is 4.97. The monoisotopic (exact) mass is 950 g/mol. The van der Waals surface area contributed by atoms with Crippen LogP contribution in [0.15, 0.2) is 95.7 Å². The number of allylic oxidation sites excluding steroid dienone is 1. The number of hydrogen-bond donors (Lipinski definition) is 4. The lowest BCUT2D eigenvalue weighted by Gasteiger charge is -2.39. The van der Waals surface area contributed by atoms with Gasteiger partial charge in [-0.25, -0.2) is 18.1 Å². The second-order valence-electron chi connectivity index (χ2n) is 19.1. The molecule has 2 aromatic heterocycles. The number of para-hydroxylation sites is 2. The second kappa shape index (κ2) is 20.0. The van der Waals surface area contributed by atoms with E-state index in [0.29, 0.717) is 43.0 Å². The zero-order valence-electron chi connectivity index (χ0n) is 38.1. The molecule has 9 rings (SSSR count). The number of H-pyrrole nitrogens is 1. The lowest BCUT2D eigenvalue weighted by atomic mass is 9.72. The van der Waals surface area contributed by atoms with E-state index in [1.54, 1.807) is 24.5 Å². The van der Waals surface area contributed by atoms with Crippen LogP contribution < -0.4 is 25.0 Å². The van der Waals surface area contributed by atoms with Gasteiger partial charge in [0, 0.05) is 74.1 Å². The summed E-state index contributed by atoms with van der Waals surface area (Å²) in [7, 11) is -4.68. The molecule has 4 N–H and O–H groups in total. The van der Waals surface area contributed by atoms with Crippen molar-refractivity contribution in [2.75, 3.05) is 49.5 Å². The number of nitrogens with one attached hydrogen (secondary N) is 4. The molecule has 3 aromatic carbocycles. The van der Waals surface area contributed by atoms with E-state index in [1.165, 1.54) is 41.0 Å². The number of hydrogen-bond acceptors (Lipinski definition) is 12. The van der Waals surface area contributed by atoms with Gasteiger partial charge in [0.15, 0.2) is 5.75 Å². The molecular formula is C50H59ClN8O7S. The smallest absolute Gasteiger partial charge is 0.293 e. The van der Waals surface area contributed by atoms with Crippen molar-refractivity contribution in [1.82, 2.24) is 24.9 Å². The minimum Gasteiger partial charge on any atom is -0.453 e. The third-order valence-electron chi connectivity index (χ3n) is 13.7. The Morgan fingerprint density at radius 1 is 0.985 bits per heavy atom. The van der Waals surface area contributed by atoms with Gasteiger partial charge in [0.25, 0.3) is 21.6 Å². The number of piperazine rings is 1. The van der Waals surface area contributed by atoms with Crippen molar-refractivity contribution in [3.63, 3.8) is 0 Å². The summed E-state index contributed by atoms with van der Waals surface area (Å²) in [4.78, 5) is 38.0. The lowest BCUT2D eigenvalue weighted by Crippen LogP contribution is -2.47. The molecular weight excluding hydrogens is 892 g/mol. The first kappa shape index (κ1) is 46.6. The summed E-state index contributed by atoms with van der Waals surface area (Å²) >= 11 is 6.27. The number of amides is 1. The highest BCUT2D eigenvalue weighted by molar-refractivity contribution is 7.90. The van der Waals surface area contributed by atoms with Crippen LogP contribution in [0, 0.1) is 15.5 Å². The Morgan fingerprint density at radius 3 is 2.49 bits per heavy atom. The van der Waals surface area contributed by atoms with E-state index >= 15 is 0 Å². The molecule has 17 heteroatoms. The molecule has 4 heterocycles. The molecule has 3 fully saturated rings. The van der Waals surface area contributed by atoms with Crippen molar-refractivity contribution in [2.24, 2.45) is 5.41 Å². The summed E-state index contributed by atoms with van der Waals surface area (Å²) in [6.45, 7) is 8.99. The van der Waals surface area contributed by atoms with Gasteiger partial charge in [-0.05, 0) is 123 Å². The molecule has 2 aliphatic heterocycles. The topological polar surface area (TPSA) is 184 Å².